The monoisotopic (exact) mass is 502 g/mol. The number of ether oxygens (including phenoxy) is 1. The second-order valence-electron chi connectivity index (χ2n) is 8.75. The predicted molar refractivity (Wildman–Crippen MR) is 147 cm³/mol. The van der Waals surface area contributed by atoms with Crippen LogP contribution in [0.3, 0.4) is 0 Å². The second-order valence-corrected chi connectivity index (χ2v) is 9.76. The maximum Gasteiger partial charge on any atom is 0.261 e. The molecule has 0 spiro atoms. The number of thiazole rings is 1. The summed E-state index contributed by atoms with van der Waals surface area (Å²) in [5.74, 6) is 0.308. The van der Waals surface area contributed by atoms with Gasteiger partial charge in [-0.25, -0.2) is 4.98 Å². The summed E-state index contributed by atoms with van der Waals surface area (Å²) >= 11 is 1.42. The summed E-state index contributed by atoms with van der Waals surface area (Å²) in [6.07, 6.45) is 3.76. The lowest BCUT2D eigenvalue weighted by Gasteiger charge is -2.12. The molecule has 4 aromatic rings. The maximum absolute atomic E-state index is 13.3. The number of hydrogen-bond acceptors (Lipinski definition) is 6. The van der Waals surface area contributed by atoms with E-state index < -0.39 is 11.5 Å². The van der Waals surface area contributed by atoms with Crippen molar-refractivity contribution in [3.63, 3.8) is 0 Å². The van der Waals surface area contributed by atoms with Gasteiger partial charge in [0.05, 0.1) is 11.5 Å². The van der Waals surface area contributed by atoms with E-state index in [0.29, 0.717) is 23.6 Å². The number of aryl methyl sites for hydroxylation is 1. The van der Waals surface area contributed by atoms with E-state index in [1.165, 1.54) is 11.3 Å². The van der Waals surface area contributed by atoms with Crippen LogP contribution in [0.2, 0.25) is 0 Å². The van der Waals surface area contributed by atoms with E-state index in [1.54, 1.807) is 6.20 Å². The number of rotatable bonds is 9. The SMILES string of the molecule is CCCCOc1ccc(-c2cc(-c3cnc(N(C)C)s3)c(C(=O)Nc3ccc(C)cc3)c(=O)[nH]2)cc1. The molecular weight excluding hydrogens is 472 g/mol. The van der Waals surface area contributed by atoms with Crippen LogP contribution in [-0.2, 0) is 0 Å². The highest BCUT2D eigenvalue weighted by Crippen LogP contribution is 2.34. The van der Waals surface area contributed by atoms with Gasteiger partial charge in [-0.1, -0.05) is 42.4 Å². The third-order valence-electron chi connectivity index (χ3n) is 5.64. The molecular formula is C28H30N4O3S. The van der Waals surface area contributed by atoms with Gasteiger partial charge in [0, 0.05) is 37.2 Å². The molecule has 0 fully saturated rings. The Kier molecular flexibility index (Phi) is 7.85. The van der Waals surface area contributed by atoms with Gasteiger partial charge >= 0.3 is 0 Å². The van der Waals surface area contributed by atoms with Gasteiger partial charge in [-0.3, -0.25) is 9.59 Å². The Morgan fingerprint density at radius 1 is 1.11 bits per heavy atom. The van der Waals surface area contributed by atoms with E-state index in [0.717, 1.165) is 39.7 Å². The van der Waals surface area contributed by atoms with Gasteiger partial charge in [0.1, 0.15) is 11.3 Å². The zero-order valence-corrected chi connectivity index (χ0v) is 21.7. The first-order valence-corrected chi connectivity index (χ1v) is 12.7. The quantitative estimate of drug-likeness (QED) is 0.275. The molecule has 0 aliphatic rings. The number of aromatic amines is 1. The predicted octanol–water partition coefficient (Wildman–Crippen LogP) is 5.97. The number of amides is 1. The number of anilines is 2. The fourth-order valence-corrected chi connectivity index (χ4v) is 4.49. The summed E-state index contributed by atoms with van der Waals surface area (Å²) in [6.45, 7) is 4.76. The Labute approximate surface area is 214 Å². The summed E-state index contributed by atoms with van der Waals surface area (Å²) in [5, 5.41) is 3.64. The van der Waals surface area contributed by atoms with Crippen molar-refractivity contribution in [3.05, 3.63) is 82.3 Å². The first-order valence-electron chi connectivity index (χ1n) is 11.9. The zero-order chi connectivity index (χ0) is 25.7. The van der Waals surface area contributed by atoms with Crippen molar-refractivity contribution in [1.29, 1.82) is 0 Å². The number of H-pyrrole nitrogens is 1. The van der Waals surface area contributed by atoms with Gasteiger partial charge in [0.25, 0.3) is 11.5 Å². The Morgan fingerprint density at radius 2 is 1.83 bits per heavy atom. The highest BCUT2D eigenvalue weighted by atomic mass is 32.1. The first-order chi connectivity index (χ1) is 17.4. The fourth-order valence-electron chi connectivity index (χ4n) is 3.63. The molecule has 0 unspecified atom stereocenters. The normalized spacial score (nSPS) is 10.8. The fraction of sp³-hybridized carbons (Fsp3) is 0.250. The van der Waals surface area contributed by atoms with Crippen LogP contribution < -0.4 is 20.5 Å². The van der Waals surface area contributed by atoms with Crippen LogP contribution in [0, 0.1) is 6.92 Å². The minimum atomic E-state index is -0.471. The van der Waals surface area contributed by atoms with Crippen molar-refractivity contribution in [1.82, 2.24) is 9.97 Å². The number of nitrogens with one attached hydrogen (secondary N) is 2. The lowest BCUT2D eigenvalue weighted by molar-refractivity contribution is 0.102. The van der Waals surface area contributed by atoms with E-state index >= 15 is 0 Å². The van der Waals surface area contributed by atoms with Crippen LogP contribution >= 0.6 is 11.3 Å². The zero-order valence-electron chi connectivity index (χ0n) is 20.9. The van der Waals surface area contributed by atoms with Crippen molar-refractivity contribution in [2.45, 2.75) is 26.7 Å². The average Bonchev–Trinajstić information content (AvgIpc) is 3.36. The summed E-state index contributed by atoms with van der Waals surface area (Å²) in [4.78, 5) is 36.6. The highest BCUT2D eigenvalue weighted by Gasteiger charge is 2.21. The van der Waals surface area contributed by atoms with Crippen LogP contribution in [0.5, 0.6) is 5.75 Å². The van der Waals surface area contributed by atoms with Gasteiger partial charge in [0.15, 0.2) is 5.13 Å². The molecule has 1 amide bonds. The van der Waals surface area contributed by atoms with Crippen LogP contribution in [-0.4, -0.2) is 36.6 Å². The topological polar surface area (TPSA) is 87.3 Å². The third kappa shape index (κ3) is 5.83. The first kappa shape index (κ1) is 25.2. The molecule has 0 bridgehead atoms. The van der Waals surface area contributed by atoms with Crippen LogP contribution in [0.1, 0.15) is 35.7 Å². The summed E-state index contributed by atoms with van der Waals surface area (Å²) < 4.78 is 5.76. The van der Waals surface area contributed by atoms with Crippen molar-refractivity contribution in [3.8, 4) is 27.4 Å². The molecule has 8 heteroatoms. The molecule has 2 aromatic heterocycles. The molecule has 36 heavy (non-hydrogen) atoms. The third-order valence-corrected chi connectivity index (χ3v) is 6.84. The summed E-state index contributed by atoms with van der Waals surface area (Å²) in [7, 11) is 3.81. The number of unbranched alkanes of at least 4 members (excludes halogenated alkanes) is 1. The lowest BCUT2D eigenvalue weighted by atomic mass is 10.0. The summed E-state index contributed by atoms with van der Waals surface area (Å²) in [5.41, 5.74) is 3.26. The highest BCUT2D eigenvalue weighted by molar-refractivity contribution is 7.18. The van der Waals surface area contributed by atoms with E-state index in [4.69, 9.17) is 4.74 Å². The Bertz CT molecular complexity index is 1390. The van der Waals surface area contributed by atoms with Crippen molar-refractivity contribution < 1.29 is 9.53 Å². The van der Waals surface area contributed by atoms with Crippen molar-refractivity contribution in [2.75, 3.05) is 30.9 Å². The van der Waals surface area contributed by atoms with Crippen LogP contribution in [0.4, 0.5) is 10.8 Å². The maximum atomic E-state index is 13.3. The van der Waals surface area contributed by atoms with Crippen molar-refractivity contribution >= 4 is 28.1 Å². The van der Waals surface area contributed by atoms with Gasteiger partial charge < -0.3 is 19.9 Å². The Morgan fingerprint density at radius 3 is 2.47 bits per heavy atom. The Hall–Kier alpha value is -3.91. The Balaban J connectivity index is 1.73. The standard InChI is InChI=1S/C28H30N4O3S/c1-5-6-15-35-21-13-9-19(10-14-21)23-16-22(24-17-29-28(36-24)32(3)4)25(27(34)31-23)26(33)30-20-11-7-18(2)8-12-20/h7-14,16-17H,5-6,15H2,1-4H3,(H,30,33)(H,31,34). The molecule has 2 N–H and O–H groups in total. The molecule has 0 atom stereocenters. The smallest absolute Gasteiger partial charge is 0.261 e. The number of aromatic nitrogens is 2. The van der Waals surface area contributed by atoms with Crippen LogP contribution in [0.25, 0.3) is 21.7 Å². The number of benzene rings is 2. The lowest BCUT2D eigenvalue weighted by Crippen LogP contribution is -2.24. The molecule has 4 rings (SSSR count). The largest absolute Gasteiger partial charge is 0.494 e. The van der Waals surface area contributed by atoms with Gasteiger partial charge in [-0.15, -0.1) is 0 Å². The van der Waals surface area contributed by atoms with E-state index in [9.17, 15) is 9.59 Å². The molecule has 186 valence electrons. The van der Waals surface area contributed by atoms with Gasteiger partial charge in [0.2, 0.25) is 0 Å². The molecule has 2 heterocycles. The van der Waals surface area contributed by atoms with E-state index in [2.05, 4.69) is 22.2 Å². The van der Waals surface area contributed by atoms with Crippen LogP contribution in [0.15, 0.2) is 65.6 Å². The molecule has 0 saturated heterocycles. The van der Waals surface area contributed by atoms with Gasteiger partial charge in [-0.05, 0) is 61.4 Å². The number of pyridine rings is 1. The molecule has 0 aliphatic carbocycles. The molecule has 0 radical (unpaired) electrons. The molecule has 0 saturated carbocycles. The summed E-state index contributed by atoms with van der Waals surface area (Å²) in [6, 6.07) is 16.9. The minimum Gasteiger partial charge on any atom is -0.494 e. The van der Waals surface area contributed by atoms with Crippen molar-refractivity contribution in [2.24, 2.45) is 0 Å². The average molecular weight is 503 g/mol. The number of hydrogen-bond donors (Lipinski definition) is 2. The van der Waals surface area contributed by atoms with E-state index in [1.807, 2.05) is 80.5 Å². The molecule has 0 aliphatic heterocycles. The number of carbonyl (C=O) groups is 1. The molecule has 7 nitrogen and oxygen atoms in total. The number of nitrogens with zero attached hydrogens (tertiary/aromatic N) is 2. The van der Waals surface area contributed by atoms with Gasteiger partial charge in [-0.2, -0.15) is 0 Å². The molecule has 2 aromatic carbocycles. The van der Waals surface area contributed by atoms with E-state index in [-0.39, 0.29) is 5.56 Å². The second kappa shape index (κ2) is 11.2. The number of carbonyl (C=O) groups excluding carboxylic acids is 1. The minimum absolute atomic E-state index is 0.0489.